The van der Waals surface area contributed by atoms with Crippen molar-refractivity contribution >= 4 is 0 Å². The van der Waals surface area contributed by atoms with E-state index < -0.39 is 17.7 Å². The molecule has 4 heteroatoms. The summed E-state index contributed by atoms with van der Waals surface area (Å²) in [7, 11) is 0. The molecule has 102 valence electrons. The molecule has 0 aliphatic heterocycles. The van der Waals surface area contributed by atoms with Gasteiger partial charge in [-0.25, -0.2) is 8.78 Å². The molecule has 0 radical (unpaired) electrons. The first-order valence-electron chi connectivity index (χ1n) is 6.36. The molecule has 1 aromatic rings. The molecule has 0 aliphatic carbocycles. The van der Waals surface area contributed by atoms with Crippen LogP contribution in [0.4, 0.5) is 8.78 Å². The van der Waals surface area contributed by atoms with Crippen LogP contribution in [0.5, 0.6) is 0 Å². The van der Waals surface area contributed by atoms with Crippen LogP contribution >= 0.6 is 0 Å². The number of rotatable bonds is 7. The average Bonchev–Trinajstić information content (AvgIpc) is 2.34. The highest BCUT2D eigenvalue weighted by atomic mass is 19.1. The lowest BCUT2D eigenvalue weighted by Gasteiger charge is -2.16. The first-order valence-corrected chi connectivity index (χ1v) is 6.36. The zero-order chi connectivity index (χ0) is 13.5. The standard InChI is InChI=1S/C14H21F2NO/c1-3-10(4-2)8-18-9-14(17)12-6-5-11(15)7-13(12)16/h5-7,10,14H,3-4,8-9,17H2,1-2H3. The first-order chi connectivity index (χ1) is 8.58. The normalized spacial score (nSPS) is 13.0. The highest BCUT2D eigenvalue weighted by Gasteiger charge is 2.13. The quantitative estimate of drug-likeness (QED) is 0.812. The van der Waals surface area contributed by atoms with E-state index in [9.17, 15) is 8.78 Å². The maximum absolute atomic E-state index is 13.4. The molecule has 1 atom stereocenters. The summed E-state index contributed by atoms with van der Waals surface area (Å²) < 4.78 is 31.7. The summed E-state index contributed by atoms with van der Waals surface area (Å²) in [4.78, 5) is 0. The van der Waals surface area contributed by atoms with Gasteiger partial charge in [-0.05, 0) is 12.0 Å². The Kier molecular flexibility index (Phi) is 6.22. The van der Waals surface area contributed by atoms with Crippen molar-refractivity contribution in [3.05, 3.63) is 35.4 Å². The lowest BCUT2D eigenvalue weighted by atomic mass is 10.1. The Hall–Kier alpha value is -1.00. The van der Waals surface area contributed by atoms with E-state index in [0.29, 0.717) is 18.1 Å². The highest BCUT2D eigenvalue weighted by molar-refractivity contribution is 5.21. The van der Waals surface area contributed by atoms with Gasteiger partial charge in [-0.2, -0.15) is 0 Å². The van der Waals surface area contributed by atoms with Crippen LogP contribution in [0.25, 0.3) is 0 Å². The molecule has 0 aliphatic rings. The average molecular weight is 257 g/mol. The Balaban J connectivity index is 2.47. The van der Waals surface area contributed by atoms with Crippen molar-refractivity contribution in [1.82, 2.24) is 0 Å². The summed E-state index contributed by atoms with van der Waals surface area (Å²) in [6.07, 6.45) is 2.10. The van der Waals surface area contributed by atoms with E-state index in [1.165, 1.54) is 12.1 Å². The van der Waals surface area contributed by atoms with Crippen LogP contribution in [0, 0.1) is 17.6 Å². The third-order valence-corrected chi connectivity index (χ3v) is 3.17. The molecule has 0 aromatic heterocycles. The molecule has 0 bridgehead atoms. The van der Waals surface area contributed by atoms with Crippen LogP contribution in [0.2, 0.25) is 0 Å². The van der Waals surface area contributed by atoms with Crippen LogP contribution in [-0.2, 0) is 4.74 Å². The molecule has 1 aromatic carbocycles. The minimum absolute atomic E-state index is 0.249. The van der Waals surface area contributed by atoms with E-state index in [-0.39, 0.29) is 6.61 Å². The molecule has 0 spiro atoms. The van der Waals surface area contributed by atoms with Gasteiger partial charge in [-0.15, -0.1) is 0 Å². The van der Waals surface area contributed by atoms with Crippen molar-refractivity contribution < 1.29 is 13.5 Å². The Morgan fingerprint density at radius 2 is 1.83 bits per heavy atom. The van der Waals surface area contributed by atoms with Gasteiger partial charge in [0.2, 0.25) is 0 Å². The molecule has 0 heterocycles. The first kappa shape index (κ1) is 15.1. The molecule has 0 amide bonds. The second kappa shape index (κ2) is 7.44. The van der Waals surface area contributed by atoms with Gasteiger partial charge in [-0.1, -0.05) is 32.8 Å². The number of hydrogen-bond acceptors (Lipinski definition) is 2. The van der Waals surface area contributed by atoms with Crippen LogP contribution in [0.3, 0.4) is 0 Å². The fraction of sp³-hybridized carbons (Fsp3) is 0.571. The van der Waals surface area contributed by atoms with Gasteiger partial charge in [0.25, 0.3) is 0 Å². The van der Waals surface area contributed by atoms with E-state index >= 15 is 0 Å². The summed E-state index contributed by atoms with van der Waals surface area (Å²) in [6, 6.07) is 2.87. The van der Waals surface area contributed by atoms with Crippen molar-refractivity contribution in [3.8, 4) is 0 Å². The van der Waals surface area contributed by atoms with Gasteiger partial charge < -0.3 is 10.5 Å². The second-order valence-corrected chi connectivity index (χ2v) is 4.49. The molecule has 18 heavy (non-hydrogen) atoms. The van der Waals surface area contributed by atoms with Gasteiger partial charge in [0.05, 0.1) is 12.6 Å². The third-order valence-electron chi connectivity index (χ3n) is 3.17. The van der Waals surface area contributed by atoms with E-state index in [1.807, 2.05) is 0 Å². The van der Waals surface area contributed by atoms with Gasteiger partial charge in [0, 0.05) is 18.2 Å². The zero-order valence-corrected chi connectivity index (χ0v) is 11.0. The minimum atomic E-state index is -0.617. The molecule has 2 nitrogen and oxygen atoms in total. The van der Waals surface area contributed by atoms with E-state index in [2.05, 4.69) is 13.8 Å². The number of hydrogen-bond donors (Lipinski definition) is 1. The number of benzene rings is 1. The number of ether oxygens (including phenoxy) is 1. The summed E-state index contributed by atoms with van der Waals surface area (Å²) in [6.45, 7) is 5.09. The SMILES string of the molecule is CCC(CC)COCC(N)c1ccc(F)cc1F. The van der Waals surface area contributed by atoms with Crippen LogP contribution in [0.15, 0.2) is 18.2 Å². The van der Waals surface area contributed by atoms with Crippen LogP contribution < -0.4 is 5.73 Å². The lowest BCUT2D eigenvalue weighted by Crippen LogP contribution is -2.20. The Labute approximate surface area is 107 Å². The van der Waals surface area contributed by atoms with Crippen LogP contribution in [0.1, 0.15) is 38.3 Å². The van der Waals surface area contributed by atoms with Crippen molar-refractivity contribution in [1.29, 1.82) is 0 Å². The lowest BCUT2D eigenvalue weighted by molar-refractivity contribution is 0.0854. The van der Waals surface area contributed by atoms with E-state index in [4.69, 9.17) is 10.5 Å². The van der Waals surface area contributed by atoms with Crippen molar-refractivity contribution in [2.24, 2.45) is 11.7 Å². The minimum Gasteiger partial charge on any atom is -0.379 e. The van der Waals surface area contributed by atoms with Gasteiger partial charge in [0.1, 0.15) is 11.6 Å². The number of nitrogens with two attached hydrogens (primary N) is 1. The van der Waals surface area contributed by atoms with E-state index in [0.717, 1.165) is 18.9 Å². The maximum Gasteiger partial charge on any atom is 0.130 e. The van der Waals surface area contributed by atoms with Crippen molar-refractivity contribution in [2.75, 3.05) is 13.2 Å². The molecule has 0 saturated heterocycles. The van der Waals surface area contributed by atoms with E-state index in [1.54, 1.807) is 0 Å². The predicted octanol–water partition coefficient (Wildman–Crippen LogP) is 3.42. The molecule has 2 N–H and O–H groups in total. The molecular formula is C14H21F2NO. The monoisotopic (exact) mass is 257 g/mol. The third kappa shape index (κ3) is 4.35. The van der Waals surface area contributed by atoms with Gasteiger partial charge in [-0.3, -0.25) is 0 Å². The summed E-state index contributed by atoms with van der Waals surface area (Å²) in [5.74, 6) is -0.703. The fourth-order valence-corrected chi connectivity index (χ4v) is 1.78. The predicted molar refractivity (Wildman–Crippen MR) is 68.2 cm³/mol. The smallest absolute Gasteiger partial charge is 0.130 e. The molecule has 1 rings (SSSR count). The van der Waals surface area contributed by atoms with Gasteiger partial charge in [0.15, 0.2) is 0 Å². The number of halogens is 2. The van der Waals surface area contributed by atoms with Gasteiger partial charge >= 0.3 is 0 Å². The Morgan fingerprint density at radius 1 is 1.17 bits per heavy atom. The maximum atomic E-state index is 13.4. The molecule has 0 fully saturated rings. The fourth-order valence-electron chi connectivity index (χ4n) is 1.78. The molecular weight excluding hydrogens is 236 g/mol. The topological polar surface area (TPSA) is 35.2 Å². The second-order valence-electron chi connectivity index (χ2n) is 4.49. The van der Waals surface area contributed by atoms with Crippen molar-refractivity contribution in [3.63, 3.8) is 0 Å². The Morgan fingerprint density at radius 3 is 2.39 bits per heavy atom. The summed E-state index contributed by atoms with van der Waals surface area (Å²) in [5.41, 5.74) is 6.12. The Bertz CT molecular complexity index is 367. The highest BCUT2D eigenvalue weighted by Crippen LogP contribution is 2.17. The molecule has 0 saturated carbocycles. The molecule has 1 unspecified atom stereocenters. The van der Waals surface area contributed by atoms with Crippen molar-refractivity contribution in [2.45, 2.75) is 32.7 Å². The zero-order valence-electron chi connectivity index (χ0n) is 11.0. The largest absolute Gasteiger partial charge is 0.379 e. The summed E-state index contributed by atoms with van der Waals surface area (Å²) in [5, 5.41) is 0. The summed E-state index contributed by atoms with van der Waals surface area (Å²) >= 11 is 0. The van der Waals surface area contributed by atoms with Crippen LogP contribution in [-0.4, -0.2) is 13.2 Å².